The minimum atomic E-state index is 0.748. The monoisotopic (exact) mass is 148 g/mol. The van der Waals surface area contributed by atoms with E-state index in [2.05, 4.69) is 5.32 Å². The Hall–Kier alpha value is -0.0500. The molecule has 0 saturated heterocycles. The number of nitrogens with two attached hydrogens (primary N) is 1. The second kappa shape index (κ2) is 7.95. The van der Waals surface area contributed by atoms with E-state index in [-0.39, 0.29) is 0 Å². The Labute approximate surface area is 61.1 Å². The molecule has 2 nitrogen and oxygen atoms in total. The second-order valence-corrected chi connectivity index (χ2v) is 1.96. The molecule has 0 aromatic carbocycles. The van der Waals surface area contributed by atoms with E-state index in [1.54, 1.807) is 0 Å². The first-order chi connectivity index (χ1) is 4.41. The van der Waals surface area contributed by atoms with Crippen molar-refractivity contribution in [3.05, 3.63) is 11.6 Å². The quantitative estimate of drug-likeness (QED) is 0.563. The lowest BCUT2D eigenvalue weighted by molar-refractivity contribution is 0.700. The summed E-state index contributed by atoms with van der Waals surface area (Å²) in [6.07, 6.45) is 2.88. The van der Waals surface area contributed by atoms with Gasteiger partial charge >= 0.3 is 0 Å². The number of hydrogen-bond acceptors (Lipinski definition) is 2. The van der Waals surface area contributed by atoms with Crippen LogP contribution in [0.15, 0.2) is 11.6 Å². The van der Waals surface area contributed by atoms with E-state index in [0.29, 0.717) is 0 Å². The fraction of sp³-hybridized carbons (Fsp3) is 0.667. The van der Waals surface area contributed by atoms with E-state index >= 15 is 0 Å². The molecule has 0 amide bonds. The molecule has 0 rings (SSSR count). The topological polar surface area (TPSA) is 38.0 Å². The lowest BCUT2D eigenvalue weighted by atomic mass is 10.4. The van der Waals surface area contributed by atoms with Crippen molar-refractivity contribution in [2.24, 2.45) is 5.73 Å². The lowest BCUT2D eigenvalue weighted by Gasteiger charge is -1.96. The van der Waals surface area contributed by atoms with Gasteiger partial charge in [0.15, 0.2) is 0 Å². The summed E-state index contributed by atoms with van der Waals surface area (Å²) in [6, 6.07) is 0. The number of halogens is 1. The number of rotatable bonds is 5. The van der Waals surface area contributed by atoms with Gasteiger partial charge in [-0.2, -0.15) is 0 Å². The van der Waals surface area contributed by atoms with Gasteiger partial charge in [-0.25, -0.2) is 0 Å². The molecular weight excluding hydrogens is 136 g/mol. The van der Waals surface area contributed by atoms with E-state index in [1.807, 2.05) is 6.08 Å². The van der Waals surface area contributed by atoms with Gasteiger partial charge < -0.3 is 11.1 Å². The zero-order valence-electron chi connectivity index (χ0n) is 5.44. The smallest absolute Gasteiger partial charge is 0.0146 e. The van der Waals surface area contributed by atoms with Crippen molar-refractivity contribution in [3.8, 4) is 0 Å². The van der Waals surface area contributed by atoms with Crippen molar-refractivity contribution < 1.29 is 0 Å². The molecule has 0 aliphatic rings. The average Bonchev–Trinajstić information content (AvgIpc) is 1.89. The van der Waals surface area contributed by atoms with Crippen molar-refractivity contribution in [3.63, 3.8) is 0 Å². The zero-order valence-corrected chi connectivity index (χ0v) is 6.19. The Kier molecular flexibility index (Phi) is 7.91. The normalized spacial score (nSPS) is 10.9. The van der Waals surface area contributed by atoms with Crippen LogP contribution < -0.4 is 11.1 Å². The molecule has 0 radical (unpaired) electrons. The summed E-state index contributed by atoms with van der Waals surface area (Å²) < 4.78 is 0. The molecule has 9 heavy (non-hydrogen) atoms. The van der Waals surface area contributed by atoms with E-state index in [0.717, 1.165) is 26.1 Å². The minimum absolute atomic E-state index is 0.748. The Morgan fingerprint density at radius 2 is 2.33 bits per heavy atom. The maximum Gasteiger partial charge on any atom is 0.0146 e. The molecule has 0 bridgehead atoms. The van der Waals surface area contributed by atoms with Gasteiger partial charge in [0, 0.05) is 12.1 Å². The van der Waals surface area contributed by atoms with Crippen molar-refractivity contribution in [1.29, 1.82) is 0 Å². The zero-order chi connectivity index (χ0) is 6.95. The number of hydrogen-bond donors (Lipinski definition) is 2. The fourth-order valence-corrected chi connectivity index (χ4v) is 0.546. The molecule has 54 valence electrons. The molecule has 0 aliphatic heterocycles. The second-order valence-electron chi connectivity index (χ2n) is 1.71. The van der Waals surface area contributed by atoms with Gasteiger partial charge in [-0.15, -0.1) is 0 Å². The van der Waals surface area contributed by atoms with Gasteiger partial charge in [-0.3, -0.25) is 0 Å². The molecule has 0 atom stereocenters. The number of nitrogens with one attached hydrogen (secondary N) is 1. The molecule has 3 heteroatoms. The van der Waals surface area contributed by atoms with Gasteiger partial charge in [0.2, 0.25) is 0 Å². The minimum Gasteiger partial charge on any atom is -0.330 e. The van der Waals surface area contributed by atoms with Crippen molar-refractivity contribution >= 4 is 11.6 Å². The average molecular weight is 149 g/mol. The van der Waals surface area contributed by atoms with E-state index < -0.39 is 0 Å². The Bertz CT molecular complexity index is 73.5. The predicted octanol–water partition coefficient (Wildman–Crippen LogP) is 0.677. The standard InChI is InChI=1S/C6H13ClN2/c7-3-1-5-9-6-2-4-8/h1,3,9H,2,4-6,8H2/b3-1+. The van der Waals surface area contributed by atoms with Crippen LogP contribution in [0.3, 0.4) is 0 Å². The van der Waals surface area contributed by atoms with Crippen LogP contribution in [0.4, 0.5) is 0 Å². The summed E-state index contributed by atoms with van der Waals surface area (Å²) >= 11 is 5.27. The van der Waals surface area contributed by atoms with E-state index in [1.165, 1.54) is 5.54 Å². The molecule has 0 aromatic rings. The van der Waals surface area contributed by atoms with E-state index in [4.69, 9.17) is 17.3 Å². The van der Waals surface area contributed by atoms with Gasteiger partial charge in [0.1, 0.15) is 0 Å². The molecule has 0 unspecified atom stereocenters. The highest BCUT2D eigenvalue weighted by Gasteiger charge is 1.79. The Balaban J connectivity index is 2.75. The van der Waals surface area contributed by atoms with Crippen LogP contribution in [0.5, 0.6) is 0 Å². The summed E-state index contributed by atoms with van der Waals surface area (Å²) in [5, 5.41) is 3.14. The predicted molar refractivity (Wildman–Crippen MR) is 41.5 cm³/mol. The Morgan fingerprint density at radius 3 is 2.89 bits per heavy atom. The molecule has 0 fully saturated rings. The van der Waals surface area contributed by atoms with Crippen molar-refractivity contribution in [2.75, 3.05) is 19.6 Å². The van der Waals surface area contributed by atoms with Crippen LogP contribution >= 0.6 is 11.6 Å². The third kappa shape index (κ3) is 7.95. The summed E-state index contributed by atoms with van der Waals surface area (Å²) in [5.41, 5.74) is 6.77. The first-order valence-corrected chi connectivity index (χ1v) is 3.51. The van der Waals surface area contributed by atoms with E-state index in [9.17, 15) is 0 Å². The maximum atomic E-state index is 5.27. The highest BCUT2D eigenvalue weighted by Crippen LogP contribution is 1.75. The molecule has 0 heterocycles. The third-order valence-corrected chi connectivity index (χ3v) is 1.09. The van der Waals surface area contributed by atoms with Crippen molar-refractivity contribution in [1.82, 2.24) is 5.32 Å². The highest BCUT2D eigenvalue weighted by atomic mass is 35.5. The molecule has 0 spiro atoms. The van der Waals surface area contributed by atoms with Crippen LogP contribution in [-0.2, 0) is 0 Å². The van der Waals surface area contributed by atoms with Gasteiger partial charge in [-0.05, 0) is 19.5 Å². The summed E-state index contributed by atoms with van der Waals surface area (Å²) in [5.74, 6) is 0. The molecule has 3 N–H and O–H groups in total. The Morgan fingerprint density at radius 1 is 1.56 bits per heavy atom. The maximum absolute atomic E-state index is 5.27. The summed E-state index contributed by atoms with van der Waals surface area (Å²) in [7, 11) is 0. The summed E-state index contributed by atoms with van der Waals surface area (Å²) in [4.78, 5) is 0. The summed E-state index contributed by atoms with van der Waals surface area (Å²) in [6.45, 7) is 2.55. The van der Waals surface area contributed by atoms with Gasteiger partial charge in [-0.1, -0.05) is 17.7 Å². The molecule has 0 aromatic heterocycles. The lowest BCUT2D eigenvalue weighted by Crippen LogP contribution is -2.17. The van der Waals surface area contributed by atoms with Gasteiger partial charge in [0.25, 0.3) is 0 Å². The first kappa shape index (κ1) is 8.95. The van der Waals surface area contributed by atoms with Crippen LogP contribution in [0, 0.1) is 0 Å². The van der Waals surface area contributed by atoms with Crippen molar-refractivity contribution in [2.45, 2.75) is 6.42 Å². The molecule has 0 aliphatic carbocycles. The van der Waals surface area contributed by atoms with Gasteiger partial charge in [0.05, 0.1) is 0 Å². The van der Waals surface area contributed by atoms with Crippen LogP contribution in [0.25, 0.3) is 0 Å². The SMILES string of the molecule is NCCCNC/C=C/Cl. The van der Waals surface area contributed by atoms with Crippen LogP contribution in [0.2, 0.25) is 0 Å². The van der Waals surface area contributed by atoms with Crippen LogP contribution in [0.1, 0.15) is 6.42 Å². The first-order valence-electron chi connectivity index (χ1n) is 3.08. The fourth-order valence-electron chi connectivity index (χ4n) is 0.457. The highest BCUT2D eigenvalue weighted by molar-refractivity contribution is 6.25. The molecular formula is C6H13ClN2. The van der Waals surface area contributed by atoms with Crippen LogP contribution in [-0.4, -0.2) is 19.6 Å². The third-order valence-electron chi connectivity index (χ3n) is 0.909. The molecule has 0 saturated carbocycles. The largest absolute Gasteiger partial charge is 0.330 e.